The molecule has 0 amide bonds. The van der Waals surface area contributed by atoms with Gasteiger partial charge in [0.05, 0.1) is 0 Å². The second kappa shape index (κ2) is 9.04. The highest BCUT2D eigenvalue weighted by molar-refractivity contribution is 6.09. The molecule has 0 saturated heterocycles. The SMILES string of the molecule is CC(=O)C(C)=CC(=CC(C)c1cccc(C(=O)c2ccccc2)c1)C(C)=O. The maximum Gasteiger partial charge on any atom is 0.193 e. The monoisotopic (exact) mass is 360 g/mol. The molecule has 0 spiro atoms. The number of benzene rings is 2. The molecule has 1 unspecified atom stereocenters. The van der Waals surface area contributed by atoms with Crippen molar-refractivity contribution in [3.63, 3.8) is 0 Å². The van der Waals surface area contributed by atoms with Crippen LogP contribution in [0.3, 0.4) is 0 Å². The van der Waals surface area contributed by atoms with Crippen LogP contribution < -0.4 is 0 Å². The van der Waals surface area contributed by atoms with E-state index >= 15 is 0 Å². The molecular weight excluding hydrogens is 336 g/mol. The van der Waals surface area contributed by atoms with Gasteiger partial charge in [0.1, 0.15) is 0 Å². The van der Waals surface area contributed by atoms with Crippen molar-refractivity contribution in [2.45, 2.75) is 33.6 Å². The van der Waals surface area contributed by atoms with E-state index in [0.717, 1.165) is 5.56 Å². The number of rotatable bonds is 7. The summed E-state index contributed by atoms with van der Waals surface area (Å²) < 4.78 is 0. The Hall–Kier alpha value is -3.07. The van der Waals surface area contributed by atoms with Crippen molar-refractivity contribution >= 4 is 17.3 Å². The van der Waals surface area contributed by atoms with Crippen molar-refractivity contribution in [3.8, 4) is 0 Å². The highest BCUT2D eigenvalue weighted by Gasteiger charge is 2.12. The van der Waals surface area contributed by atoms with Gasteiger partial charge < -0.3 is 0 Å². The first kappa shape index (κ1) is 20.2. The Morgan fingerprint density at radius 3 is 2.04 bits per heavy atom. The first-order valence-corrected chi connectivity index (χ1v) is 8.91. The minimum Gasteiger partial charge on any atom is -0.295 e. The number of carbonyl (C=O) groups is 3. The second-order valence-electron chi connectivity index (χ2n) is 6.67. The normalized spacial score (nSPS) is 13.2. The molecule has 0 fully saturated rings. The van der Waals surface area contributed by atoms with E-state index in [2.05, 4.69) is 0 Å². The van der Waals surface area contributed by atoms with Gasteiger partial charge in [0, 0.05) is 22.6 Å². The quantitative estimate of drug-likeness (QED) is 0.393. The van der Waals surface area contributed by atoms with Crippen molar-refractivity contribution in [2.75, 3.05) is 0 Å². The van der Waals surface area contributed by atoms with Crippen molar-refractivity contribution < 1.29 is 14.4 Å². The van der Waals surface area contributed by atoms with Gasteiger partial charge in [-0.05, 0) is 44.1 Å². The number of hydrogen-bond donors (Lipinski definition) is 0. The largest absolute Gasteiger partial charge is 0.295 e. The van der Waals surface area contributed by atoms with E-state index in [4.69, 9.17) is 0 Å². The van der Waals surface area contributed by atoms with Gasteiger partial charge in [-0.3, -0.25) is 14.4 Å². The summed E-state index contributed by atoms with van der Waals surface area (Å²) >= 11 is 0. The molecule has 0 aliphatic heterocycles. The zero-order valence-electron chi connectivity index (χ0n) is 16.2. The van der Waals surface area contributed by atoms with Gasteiger partial charge in [0.25, 0.3) is 0 Å². The molecule has 0 saturated carbocycles. The molecule has 1 atom stereocenters. The van der Waals surface area contributed by atoms with Crippen molar-refractivity contribution in [2.24, 2.45) is 0 Å². The minimum absolute atomic E-state index is 0.0345. The number of Topliss-reactive ketones (excluding diaryl/α,β-unsaturated/α-hetero) is 2. The number of ketones is 3. The summed E-state index contributed by atoms with van der Waals surface area (Å²) in [5, 5.41) is 0. The molecule has 138 valence electrons. The van der Waals surface area contributed by atoms with E-state index in [1.165, 1.54) is 13.8 Å². The Balaban J connectivity index is 2.34. The van der Waals surface area contributed by atoms with E-state index in [1.807, 2.05) is 49.4 Å². The number of hydrogen-bond acceptors (Lipinski definition) is 3. The van der Waals surface area contributed by atoms with E-state index in [0.29, 0.717) is 22.3 Å². The van der Waals surface area contributed by atoms with Gasteiger partial charge in [-0.25, -0.2) is 0 Å². The lowest BCUT2D eigenvalue weighted by atomic mass is 9.93. The molecule has 3 heteroatoms. The Morgan fingerprint density at radius 1 is 0.815 bits per heavy atom. The average molecular weight is 360 g/mol. The van der Waals surface area contributed by atoms with Gasteiger partial charge in [0.2, 0.25) is 0 Å². The summed E-state index contributed by atoms with van der Waals surface area (Å²) in [5.74, 6) is -0.277. The first-order chi connectivity index (χ1) is 12.8. The molecule has 0 aliphatic rings. The summed E-state index contributed by atoms with van der Waals surface area (Å²) in [6.07, 6.45) is 3.46. The lowest BCUT2D eigenvalue weighted by Gasteiger charge is -2.11. The predicted molar refractivity (Wildman–Crippen MR) is 108 cm³/mol. The number of carbonyl (C=O) groups excluding carboxylic acids is 3. The van der Waals surface area contributed by atoms with Crippen LogP contribution in [0, 0.1) is 0 Å². The zero-order chi connectivity index (χ0) is 20.0. The minimum atomic E-state index is -0.0982. The fraction of sp³-hybridized carbons (Fsp3) is 0.208. The fourth-order valence-electron chi connectivity index (χ4n) is 2.69. The van der Waals surface area contributed by atoms with E-state index in [1.54, 1.807) is 31.2 Å². The third-order valence-corrected chi connectivity index (χ3v) is 4.47. The topological polar surface area (TPSA) is 51.2 Å². The highest BCUT2D eigenvalue weighted by atomic mass is 16.1. The van der Waals surface area contributed by atoms with Gasteiger partial charge in [0.15, 0.2) is 17.3 Å². The van der Waals surface area contributed by atoms with Crippen LogP contribution in [0.1, 0.15) is 55.1 Å². The van der Waals surface area contributed by atoms with Crippen LogP contribution in [0.25, 0.3) is 0 Å². The Labute approximate surface area is 160 Å². The fourth-order valence-corrected chi connectivity index (χ4v) is 2.69. The van der Waals surface area contributed by atoms with Crippen LogP contribution in [0.15, 0.2) is 77.9 Å². The Kier molecular flexibility index (Phi) is 6.78. The Bertz CT molecular complexity index is 918. The molecule has 0 aliphatic carbocycles. The molecule has 0 aromatic heterocycles. The second-order valence-corrected chi connectivity index (χ2v) is 6.67. The molecule has 2 aromatic rings. The molecule has 2 rings (SSSR count). The molecule has 0 heterocycles. The standard InChI is InChI=1S/C24H24O3/c1-16(18(3)25)13-23(19(4)26)14-17(2)21-11-8-12-22(15-21)24(27)20-9-6-5-7-10-20/h5-15,17H,1-4H3. The highest BCUT2D eigenvalue weighted by Crippen LogP contribution is 2.22. The van der Waals surface area contributed by atoms with Gasteiger partial charge in [-0.1, -0.05) is 61.5 Å². The summed E-state index contributed by atoms with van der Waals surface area (Å²) in [6.45, 7) is 6.62. The van der Waals surface area contributed by atoms with E-state index in [9.17, 15) is 14.4 Å². The Morgan fingerprint density at radius 2 is 1.44 bits per heavy atom. The maximum absolute atomic E-state index is 12.7. The van der Waals surface area contributed by atoms with Gasteiger partial charge in [-0.15, -0.1) is 0 Å². The van der Waals surface area contributed by atoms with Crippen LogP contribution in [-0.2, 0) is 9.59 Å². The molecule has 0 bridgehead atoms. The van der Waals surface area contributed by atoms with E-state index in [-0.39, 0.29) is 23.3 Å². The van der Waals surface area contributed by atoms with E-state index < -0.39 is 0 Å². The van der Waals surface area contributed by atoms with Crippen LogP contribution >= 0.6 is 0 Å². The summed E-state index contributed by atoms with van der Waals surface area (Å²) in [5.41, 5.74) is 3.22. The summed E-state index contributed by atoms with van der Waals surface area (Å²) in [4.78, 5) is 36.1. The van der Waals surface area contributed by atoms with Crippen LogP contribution in [-0.4, -0.2) is 17.3 Å². The van der Waals surface area contributed by atoms with Crippen molar-refractivity contribution in [1.82, 2.24) is 0 Å². The van der Waals surface area contributed by atoms with Gasteiger partial charge >= 0.3 is 0 Å². The molecule has 0 N–H and O–H groups in total. The summed E-state index contributed by atoms with van der Waals surface area (Å²) in [6, 6.07) is 16.6. The third kappa shape index (κ3) is 5.45. The lowest BCUT2D eigenvalue weighted by molar-refractivity contribution is -0.113. The molecule has 27 heavy (non-hydrogen) atoms. The van der Waals surface area contributed by atoms with Crippen LogP contribution in [0.5, 0.6) is 0 Å². The maximum atomic E-state index is 12.7. The third-order valence-electron chi connectivity index (χ3n) is 4.47. The molecular formula is C24H24O3. The first-order valence-electron chi connectivity index (χ1n) is 8.91. The smallest absolute Gasteiger partial charge is 0.193 e. The zero-order valence-corrected chi connectivity index (χ0v) is 16.2. The predicted octanol–water partition coefficient (Wildman–Crippen LogP) is 5.07. The number of allylic oxidation sites excluding steroid dienone is 4. The average Bonchev–Trinajstić information content (AvgIpc) is 2.67. The molecule has 0 radical (unpaired) electrons. The van der Waals surface area contributed by atoms with Gasteiger partial charge in [-0.2, -0.15) is 0 Å². The van der Waals surface area contributed by atoms with Crippen LogP contribution in [0.4, 0.5) is 0 Å². The van der Waals surface area contributed by atoms with Crippen molar-refractivity contribution in [3.05, 3.63) is 94.6 Å². The molecule has 2 aromatic carbocycles. The molecule has 3 nitrogen and oxygen atoms in total. The van der Waals surface area contributed by atoms with Crippen LogP contribution in [0.2, 0.25) is 0 Å². The lowest BCUT2D eigenvalue weighted by Crippen LogP contribution is -2.04. The van der Waals surface area contributed by atoms with Crippen molar-refractivity contribution in [1.29, 1.82) is 0 Å². The summed E-state index contributed by atoms with van der Waals surface area (Å²) in [7, 11) is 0.